The second kappa shape index (κ2) is 19.5. The maximum absolute atomic E-state index is 14.3. The summed E-state index contributed by atoms with van der Waals surface area (Å²) in [5.74, 6) is -15.3. The van der Waals surface area contributed by atoms with E-state index in [0.29, 0.717) is 63.8 Å². The topological polar surface area (TPSA) is 18.5 Å². The third kappa shape index (κ3) is 8.72. The first-order valence-electron chi connectivity index (χ1n) is 23.5. The van der Waals surface area contributed by atoms with Crippen molar-refractivity contribution in [3.8, 4) is 45.3 Å². The van der Waals surface area contributed by atoms with Crippen molar-refractivity contribution < 1.29 is 70.9 Å². The molecule has 8 aromatic carbocycles. The molecule has 0 N–H and O–H groups in total. The summed E-state index contributed by atoms with van der Waals surface area (Å²) in [7, 11) is 0. The van der Waals surface area contributed by atoms with Gasteiger partial charge in [0.25, 0.3) is 0 Å². The molecule has 0 unspecified atom stereocenters. The van der Waals surface area contributed by atoms with Crippen molar-refractivity contribution in [2.24, 2.45) is 0 Å². The van der Waals surface area contributed by atoms with Gasteiger partial charge in [0.15, 0.2) is 69.5 Å². The van der Waals surface area contributed by atoms with Crippen molar-refractivity contribution in [2.45, 2.75) is 80.6 Å². The Morgan fingerprint density at radius 2 is 0.566 bits per heavy atom. The molecule has 0 atom stereocenters. The van der Waals surface area contributed by atoms with E-state index < -0.39 is 86.9 Å². The van der Waals surface area contributed by atoms with Gasteiger partial charge in [-0.15, -0.1) is 0 Å². The normalized spacial score (nSPS) is 13.3. The highest BCUT2D eigenvalue weighted by molar-refractivity contribution is 5.81. The van der Waals surface area contributed by atoms with Crippen LogP contribution in [0.4, 0.5) is 61.5 Å². The van der Waals surface area contributed by atoms with Crippen molar-refractivity contribution >= 4 is 0 Å². The van der Waals surface area contributed by atoms with Crippen LogP contribution in [0, 0.1) is 125 Å². The summed E-state index contributed by atoms with van der Waals surface area (Å²) >= 11 is 0. The lowest BCUT2D eigenvalue weighted by Gasteiger charge is -2.22. The summed E-state index contributed by atoms with van der Waals surface area (Å²) < 4.78 is 205. The molecule has 76 heavy (non-hydrogen) atoms. The van der Waals surface area contributed by atoms with E-state index >= 15 is 0 Å². The van der Waals surface area contributed by atoms with Crippen LogP contribution in [0.15, 0.2) is 72.8 Å². The molecule has 0 saturated carbocycles. The largest absolute Gasteiger partial charge is 0.450 e. The number of ether oxygens (including phenoxy) is 2. The Bertz CT molecular complexity index is 3540. The predicted molar refractivity (Wildman–Crippen MR) is 258 cm³/mol. The second-order valence-corrected chi connectivity index (χ2v) is 19.2. The van der Waals surface area contributed by atoms with Crippen molar-refractivity contribution in [3.05, 3.63) is 232 Å². The maximum atomic E-state index is 14.3. The first kappa shape index (κ1) is 53.2. The van der Waals surface area contributed by atoms with Crippen molar-refractivity contribution in [1.29, 1.82) is 0 Å². The van der Waals surface area contributed by atoms with Crippen LogP contribution in [0.5, 0.6) is 23.0 Å². The van der Waals surface area contributed by atoms with Gasteiger partial charge in [-0.05, 0) is 141 Å². The molecule has 0 amide bonds. The summed E-state index contributed by atoms with van der Waals surface area (Å²) in [6.07, 6.45) is 0.959. The summed E-state index contributed by atoms with van der Waals surface area (Å²) in [4.78, 5) is 0. The van der Waals surface area contributed by atoms with Gasteiger partial charge in [-0.25, -0.2) is 43.9 Å². The van der Waals surface area contributed by atoms with Crippen LogP contribution in [-0.2, 0) is 25.2 Å². The fourth-order valence-electron chi connectivity index (χ4n) is 9.81. The van der Waals surface area contributed by atoms with Crippen molar-refractivity contribution in [2.75, 3.05) is 0 Å². The summed E-state index contributed by atoms with van der Waals surface area (Å²) in [6.45, 7) is 11.9. The Balaban J connectivity index is 0.000000124. The van der Waals surface area contributed by atoms with Crippen LogP contribution in [0.25, 0.3) is 22.3 Å². The lowest BCUT2D eigenvalue weighted by atomic mass is 9.97. The third-order valence-corrected chi connectivity index (χ3v) is 13.9. The number of alkyl halides is 2. The Hall–Kier alpha value is -7.62. The zero-order valence-corrected chi connectivity index (χ0v) is 41.7. The molecule has 0 fully saturated rings. The zero-order valence-electron chi connectivity index (χ0n) is 41.7. The van der Waals surface area contributed by atoms with Gasteiger partial charge in [0.05, 0.1) is 11.1 Å². The summed E-state index contributed by atoms with van der Waals surface area (Å²) in [6, 6.07) is 18.5. The Labute approximate surface area is 427 Å². The SMILES string of the molecule is Cc1cc2c(c(F)c1F)-c1c(cc(C)c(F)c1F)C2.Cc1cc2c(c(F)c1F)Oc1c(ccc(C)c1F)C2.Cc1cc2c(c(F)c1F)Oc1c(ccc(C)c1F)C2.Cc1ccc2c(c1F)C(F)(F)c1c-2ccc(C)c1F. The van der Waals surface area contributed by atoms with E-state index in [1.54, 1.807) is 38.1 Å². The monoisotopic (exact) mass is 1060 g/mol. The van der Waals surface area contributed by atoms with Crippen LogP contribution in [0.2, 0.25) is 0 Å². The molecule has 392 valence electrons. The summed E-state index contributed by atoms with van der Waals surface area (Å²) in [5.41, 5.74) is 3.62. The molecule has 16 heteroatoms. The standard InChI is InChI=1S/2C15H10F4.2C15H11F3O/c1-6-3-8-5-9-4-7(2)13(17)15(19)11(9)10(8)14(18)12(6)16;1-7-3-5-9-10-6-4-8(2)14(17)12(10)15(18,19)11(9)13(7)16;2*1-7-3-4-9-6-10-5-8(2)11(16)13(18)15(10)19-14(9)12(7)17/h3-4H,5H2,1-2H3;3-6H,1-2H3;2*3-5H,6H2,1-2H3. The van der Waals surface area contributed by atoms with Gasteiger partial charge < -0.3 is 9.47 Å². The molecule has 4 aliphatic rings. The Morgan fingerprint density at radius 1 is 0.289 bits per heavy atom. The van der Waals surface area contributed by atoms with Crippen molar-refractivity contribution in [1.82, 2.24) is 0 Å². The molecule has 2 aliphatic carbocycles. The van der Waals surface area contributed by atoms with Gasteiger partial charge in [0, 0.05) is 46.2 Å². The lowest BCUT2D eigenvalue weighted by Crippen LogP contribution is -2.16. The van der Waals surface area contributed by atoms with Crippen LogP contribution >= 0.6 is 0 Å². The molecule has 12 rings (SSSR count). The van der Waals surface area contributed by atoms with Gasteiger partial charge in [-0.3, -0.25) is 0 Å². The minimum atomic E-state index is -3.63. The van der Waals surface area contributed by atoms with Gasteiger partial charge in [0.2, 0.25) is 11.6 Å². The first-order chi connectivity index (χ1) is 35.7. The van der Waals surface area contributed by atoms with Gasteiger partial charge in [0.1, 0.15) is 11.6 Å². The minimum Gasteiger partial charge on any atom is -0.450 e. The zero-order chi connectivity index (χ0) is 55.3. The van der Waals surface area contributed by atoms with Gasteiger partial charge in [-0.2, -0.15) is 17.6 Å². The van der Waals surface area contributed by atoms with E-state index in [2.05, 4.69) is 0 Å². The molecular weight excluding hydrogens is 1020 g/mol. The quantitative estimate of drug-likeness (QED) is 0.141. The molecular formula is C60H42F14O2. The first-order valence-corrected chi connectivity index (χ1v) is 23.5. The van der Waals surface area contributed by atoms with Crippen molar-refractivity contribution in [3.63, 3.8) is 0 Å². The molecule has 0 radical (unpaired) electrons. The van der Waals surface area contributed by atoms with E-state index in [9.17, 15) is 61.5 Å². The van der Waals surface area contributed by atoms with E-state index in [1.165, 1.54) is 90.1 Å². The number of hydrogen-bond acceptors (Lipinski definition) is 2. The molecule has 2 aliphatic heterocycles. The van der Waals surface area contributed by atoms with Crippen LogP contribution in [0.3, 0.4) is 0 Å². The molecule has 0 spiro atoms. The molecule has 2 heterocycles. The Morgan fingerprint density at radius 3 is 0.921 bits per heavy atom. The van der Waals surface area contributed by atoms with Gasteiger partial charge >= 0.3 is 5.92 Å². The highest BCUT2D eigenvalue weighted by Gasteiger charge is 2.49. The number of rotatable bonds is 0. The number of fused-ring (bicyclic) bond motifs is 10. The van der Waals surface area contributed by atoms with E-state index in [-0.39, 0.29) is 78.6 Å². The number of halogens is 14. The second-order valence-electron chi connectivity index (χ2n) is 19.2. The average Bonchev–Trinajstić information content (AvgIpc) is 3.88. The molecule has 0 bridgehead atoms. The number of benzene rings is 8. The van der Waals surface area contributed by atoms with E-state index in [4.69, 9.17) is 9.47 Å². The molecule has 0 aromatic heterocycles. The van der Waals surface area contributed by atoms with Crippen LogP contribution in [0.1, 0.15) is 89.0 Å². The lowest BCUT2D eigenvalue weighted by molar-refractivity contribution is 0.0402. The smallest absolute Gasteiger partial charge is 0.305 e. The van der Waals surface area contributed by atoms with Gasteiger partial charge in [-0.1, -0.05) is 60.7 Å². The molecule has 0 saturated heterocycles. The van der Waals surface area contributed by atoms with Crippen LogP contribution < -0.4 is 9.47 Å². The highest BCUT2D eigenvalue weighted by Crippen LogP contribution is 2.54. The number of aryl methyl sites for hydroxylation is 8. The molecule has 8 aromatic rings. The van der Waals surface area contributed by atoms with E-state index in [0.717, 1.165) is 0 Å². The predicted octanol–water partition coefficient (Wildman–Crippen LogP) is 18.0. The maximum Gasteiger partial charge on any atom is 0.305 e. The summed E-state index contributed by atoms with van der Waals surface area (Å²) in [5, 5.41) is 0. The fraction of sp³-hybridized carbons (Fsp3) is 0.200. The van der Waals surface area contributed by atoms with E-state index in [1.807, 2.05) is 0 Å². The number of hydrogen-bond donors (Lipinski definition) is 0. The third-order valence-electron chi connectivity index (χ3n) is 13.9. The average molecular weight is 1060 g/mol. The minimum absolute atomic E-state index is 0.00495. The van der Waals surface area contributed by atoms with Crippen LogP contribution in [-0.4, -0.2) is 0 Å². The Kier molecular flexibility index (Phi) is 13.7. The molecule has 2 nitrogen and oxygen atoms in total. The highest BCUT2D eigenvalue weighted by atomic mass is 19.3. The fourth-order valence-corrected chi connectivity index (χ4v) is 9.81.